The van der Waals surface area contributed by atoms with Crippen LogP contribution in [0.1, 0.15) is 64.2 Å². The summed E-state index contributed by atoms with van der Waals surface area (Å²) in [6.45, 7) is 5.21. The Morgan fingerprint density at radius 3 is 1.28 bits per heavy atom. The van der Waals surface area contributed by atoms with Crippen LogP contribution in [-0.2, 0) is 0 Å². The van der Waals surface area contributed by atoms with E-state index in [-0.39, 0.29) is 0 Å². The molecule has 0 aromatic carbocycles. The lowest BCUT2D eigenvalue weighted by Crippen LogP contribution is -2.15. The van der Waals surface area contributed by atoms with Crippen molar-refractivity contribution in [2.45, 2.75) is 75.5 Å². The third kappa shape index (κ3) is 4.76. The first kappa shape index (κ1) is 15.3. The van der Waals surface area contributed by atoms with Gasteiger partial charge in [-0.3, -0.25) is 0 Å². The molecule has 0 heterocycles. The summed E-state index contributed by atoms with van der Waals surface area (Å²) in [4.78, 5) is 0. The number of hydrogen-bond donors (Lipinski definition) is 0. The molecule has 0 radical (unpaired) electrons. The zero-order valence-corrected chi connectivity index (χ0v) is 14.3. The Bertz CT molecular complexity index is 193. The first-order chi connectivity index (χ1) is 8.77. The van der Waals surface area contributed by atoms with E-state index in [2.05, 4.69) is 13.3 Å². The Kier molecular flexibility index (Phi) is 6.96. The lowest BCUT2D eigenvalue weighted by molar-refractivity contribution is 0.510. The van der Waals surface area contributed by atoms with Crippen LogP contribution in [0.25, 0.3) is 0 Å². The minimum Gasteiger partial charge on any atom is -0.106 e. The molecule has 106 valence electrons. The van der Waals surface area contributed by atoms with Crippen molar-refractivity contribution in [1.29, 1.82) is 0 Å². The minimum atomic E-state index is 0.364. The predicted molar refractivity (Wildman–Crippen MR) is 89.2 cm³/mol. The Balaban J connectivity index is 1.66. The fraction of sp³-hybridized carbons (Fsp3) is 1.00. The summed E-state index contributed by atoms with van der Waals surface area (Å²) in [5.74, 6) is 0. The van der Waals surface area contributed by atoms with Gasteiger partial charge in [-0.2, -0.15) is 0 Å². The summed E-state index contributed by atoms with van der Waals surface area (Å²) in [6.07, 6.45) is 18.6. The molecule has 0 amide bonds. The first-order valence-electron chi connectivity index (χ1n) is 8.18. The molecule has 0 saturated heterocycles. The Morgan fingerprint density at radius 1 is 0.611 bits per heavy atom. The van der Waals surface area contributed by atoms with Gasteiger partial charge in [-0.05, 0) is 62.7 Å². The van der Waals surface area contributed by atoms with Crippen molar-refractivity contribution in [2.75, 3.05) is 25.7 Å². The number of rotatable bonds is 5. The highest BCUT2D eigenvalue weighted by Crippen LogP contribution is 2.50. The van der Waals surface area contributed by atoms with Crippen molar-refractivity contribution in [3.8, 4) is 0 Å². The molecule has 2 aliphatic carbocycles. The molecule has 0 aromatic heterocycles. The largest absolute Gasteiger partial charge is 0.106 e. The standard InChI is InChI=1S/C16H32P2/c1-17(15-9-5-3-6-10-15)13-14-18(2)16-11-7-4-8-12-16/h15-16H,3-14H2,1-2H3/t17-,18+. The van der Waals surface area contributed by atoms with Gasteiger partial charge in [0.1, 0.15) is 0 Å². The van der Waals surface area contributed by atoms with Gasteiger partial charge in [-0.25, -0.2) is 0 Å². The van der Waals surface area contributed by atoms with Crippen molar-refractivity contribution in [3.63, 3.8) is 0 Å². The molecule has 2 heteroatoms. The van der Waals surface area contributed by atoms with Crippen LogP contribution in [-0.4, -0.2) is 37.0 Å². The van der Waals surface area contributed by atoms with Gasteiger partial charge in [-0.15, -0.1) is 15.8 Å². The fourth-order valence-electron chi connectivity index (χ4n) is 3.72. The van der Waals surface area contributed by atoms with Gasteiger partial charge in [-0.1, -0.05) is 38.5 Å². The molecule has 2 rings (SSSR count). The second-order valence-corrected chi connectivity index (χ2v) is 11.9. The van der Waals surface area contributed by atoms with E-state index in [0.717, 1.165) is 11.3 Å². The van der Waals surface area contributed by atoms with Gasteiger partial charge in [0.05, 0.1) is 0 Å². The topological polar surface area (TPSA) is 0 Å². The molecule has 2 aliphatic rings. The molecule has 0 nitrogen and oxygen atoms in total. The van der Waals surface area contributed by atoms with E-state index in [1.54, 1.807) is 38.0 Å². The van der Waals surface area contributed by atoms with E-state index in [0.29, 0.717) is 15.8 Å². The summed E-state index contributed by atoms with van der Waals surface area (Å²) >= 11 is 0. The smallest absolute Gasteiger partial charge is 0.0212 e. The molecule has 2 saturated carbocycles. The van der Waals surface area contributed by atoms with Crippen LogP contribution in [0, 0.1) is 0 Å². The molecule has 0 aliphatic heterocycles. The van der Waals surface area contributed by atoms with Crippen LogP contribution >= 0.6 is 15.8 Å². The Hall–Kier alpha value is 0.860. The monoisotopic (exact) mass is 286 g/mol. The molecule has 0 aromatic rings. The quantitative estimate of drug-likeness (QED) is 0.554. The molecule has 0 bridgehead atoms. The molecule has 2 atom stereocenters. The van der Waals surface area contributed by atoms with Gasteiger partial charge in [0, 0.05) is 0 Å². The van der Waals surface area contributed by atoms with Crippen LogP contribution in [0.3, 0.4) is 0 Å². The van der Waals surface area contributed by atoms with E-state index in [4.69, 9.17) is 0 Å². The van der Waals surface area contributed by atoms with Crippen LogP contribution < -0.4 is 0 Å². The highest BCUT2D eigenvalue weighted by Gasteiger charge is 2.23. The molecule has 0 unspecified atom stereocenters. The molecule has 18 heavy (non-hydrogen) atoms. The maximum absolute atomic E-state index is 2.61. The Morgan fingerprint density at radius 2 is 0.944 bits per heavy atom. The predicted octanol–water partition coefficient (Wildman–Crippen LogP) is 5.88. The average Bonchev–Trinajstić information content (AvgIpc) is 2.46. The van der Waals surface area contributed by atoms with E-state index >= 15 is 0 Å². The molecule has 0 spiro atoms. The zero-order chi connectivity index (χ0) is 12.8. The van der Waals surface area contributed by atoms with E-state index < -0.39 is 0 Å². The highest BCUT2D eigenvalue weighted by atomic mass is 31.1. The van der Waals surface area contributed by atoms with Crippen molar-refractivity contribution in [2.24, 2.45) is 0 Å². The summed E-state index contributed by atoms with van der Waals surface area (Å²) < 4.78 is 0. The summed E-state index contributed by atoms with van der Waals surface area (Å²) in [5, 5.41) is 0. The molecular formula is C16H32P2. The highest BCUT2D eigenvalue weighted by molar-refractivity contribution is 7.61. The lowest BCUT2D eigenvalue weighted by atomic mass is 10.0. The first-order valence-corrected chi connectivity index (χ1v) is 12.3. The van der Waals surface area contributed by atoms with Crippen LogP contribution in [0.5, 0.6) is 0 Å². The van der Waals surface area contributed by atoms with Crippen molar-refractivity contribution in [1.82, 2.24) is 0 Å². The average molecular weight is 286 g/mol. The third-order valence-corrected chi connectivity index (χ3v) is 10.9. The normalized spacial score (nSPS) is 27.0. The van der Waals surface area contributed by atoms with Crippen molar-refractivity contribution in [3.05, 3.63) is 0 Å². The van der Waals surface area contributed by atoms with Gasteiger partial charge >= 0.3 is 0 Å². The minimum absolute atomic E-state index is 0.364. The second-order valence-electron chi connectivity index (χ2n) is 6.54. The SMILES string of the molecule is C[P@](CC[P@](C)C1CCCCC1)C1CCCCC1. The van der Waals surface area contributed by atoms with Crippen molar-refractivity contribution < 1.29 is 0 Å². The fourth-order valence-corrected chi connectivity index (χ4v) is 9.47. The van der Waals surface area contributed by atoms with Crippen LogP contribution in [0.4, 0.5) is 0 Å². The van der Waals surface area contributed by atoms with Crippen LogP contribution in [0.15, 0.2) is 0 Å². The second kappa shape index (κ2) is 8.21. The van der Waals surface area contributed by atoms with Crippen LogP contribution in [0.2, 0.25) is 0 Å². The van der Waals surface area contributed by atoms with E-state index in [1.165, 1.54) is 38.5 Å². The van der Waals surface area contributed by atoms with Gasteiger partial charge in [0.25, 0.3) is 0 Å². The van der Waals surface area contributed by atoms with E-state index in [1.807, 2.05) is 0 Å². The van der Waals surface area contributed by atoms with Gasteiger partial charge in [0.2, 0.25) is 0 Å². The summed E-state index contributed by atoms with van der Waals surface area (Å²) in [5.41, 5.74) is 2.28. The van der Waals surface area contributed by atoms with Crippen molar-refractivity contribution >= 4 is 15.8 Å². The lowest BCUT2D eigenvalue weighted by Gasteiger charge is -2.32. The van der Waals surface area contributed by atoms with E-state index in [9.17, 15) is 0 Å². The maximum Gasteiger partial charge on any atom is -0.0212 e. The molecule has 0 N–H and O–H groups in total. The number of hydrogen-bond acceptors (Lipinski definition) is 0. The van der Waals surface area contributed by atoms with Gasteiger partial charge < -0.3 is 0 Å². The zero-order valence-electron chi connectivity index (χ0n) is 12.5. The van der Waals surface area contributed by atoms with Gasteiger partial charge in [0.15, 0.2) is 0 Å². The summed E-state index contributed by atoms with van der Waals surface area (Å²) in [7, 11) is 0.728. The third-order valence-electron chi connectivity index (χ3n) is 5.20. The Labute approximate surface area is 117 Å². The molecule has 2 fully saturated rings. The summed E-state index contributed by atoms with van der Waals surface area (Å²) in [6, 6.07) is 0. The maximum atomic E-state index is 2.61. The molecular weight excluding hydrogens is 254 g/mol.